The van der Waals surface area contributed by atoms with Crippen molar-refractivity contribution in [2.45, 2.75) is 31.8 Å². The van der Waals surface area contributed by atoms with Crippen molar-refractivity contribution in [2.75, 3.05) is 13.7 Å². The number of hydrogen-bond donors (Lipinski definition) is 0. The Bertz CT molecular complexity index is 1100. The minimum absolute atomic E-state index is 0.0396. The average molecular weight is 446 g/mol. The van der Waals surface area contributed by atoms with Crippen LogP contribution in [-0.4, -0.2) is 38.2 Å². The molecule has 2 atom stereocenters. The van der Waals surface area contributed by atoms with Crippen LogP contribution in [0.25, 0.3) is 11.2 Å². The highest BCUT2D eigenvalue weighted by atomic mass is 79.9. The van der Waals surface area contributed by atoms with Crippen molar-refractivity contribution < 1.29 is 9.47 Å². The molecule has 146 valence electrons. The van der Waals surface area contributed by atoms with Crippen LogP contribution in [0.1, 0.15) is 41.9 Å². The Labute approximate surface area is 170 Å². The summed E-state index contributed by atoms with van der Waals surface area (Å²) in [5, 5.41) is 0. The molecule has 0 bridgehead atoms. The van der Waals surface area contributed by atoms with E-state index in [4.69, 9.17) is 9.47 Å². The van der Waals surface area contributed by atoms with Gasteiger partial charge in [-0.3, -0.25) is 4.79 Å². The number of rotatable bonds is 3. The molecule has 0 radical (unpaired) electrons. The lowest BCUT2D eigenvalue weighted by Crippen LogP contribution is -2.22. The number of pyridine rings is 1. The van der Waals surface area contributed by atoms with Crippen LogP contribution in [0.3, 0.4) is 0 Å². The highest BCUT2D eigenvalue weighted by Crippen LogP contribution is 2.37. The maximum atomic E-state index is 11.7. The summed E-state index contributed by atoms with van der Waals surface area (Å²) < 4.78 is 13.4. The van der Waals surface area contributed by atoms with Crippen LogP contribution in [0.2, 0.25) is 0 Å². The molecule has 1 aliphatic heterocycles. The van der Waals surface area contributed by atoms with E-state index in [2.05, 4.69) is 35.9 Å². The van der Waals surface area contributed by atoms with Gasteiger partial charge in [-0.25, -0.2) is 19.9 Å². The third-order valence-corrected chi connectivity index (χ3v) is 5.51. The Hall–Kier alpha value is -2.39. The average Bonchev–Trinajstić information content (AvgIpc) is 2.69. The standard InChI is InChI=1S/C19H20BrN5O3/c1-10-19(27-3)22-15-16(20)23-17(24-18(15)21-10)11-6-7-28-13(8-11)12-4-5-14(26)25(2)9-12/h4-5,9,11,13H,6-8H2,1-3H3/t11-,13+/m0/s1. The SMILES string of the molecule is COc1nc2c(Br)nc([C@H]3CCO[C@@H](c4ccc(=O)n(C)c4)C3)nc2nc1C. The van der Waals surface area contributed by atoms with E-state index in [1.54, 1.807) is 24.8 Å². The summed E-state index contributed by atoms with van der Waals surface area (Å²) in [7, 11) is 3.30. The summed E-state index contributed by atoms with van der Waals surface area (Å²) in [4.78, 5) is 29.9. The Morgan fingerprint density at radius 3 is 2.82 bits per heavy atom. The Morgan fingerprint density at radius 2 is 2.07 bits per heavy atom. The predicted molar refractivity (Wildman–Crippen MR) is 106 cm³/mol. The third kappa shape index (κ3) is 3.51. The number of halogens is 1. The Balaban J connectivity index is 1.67. The zero-order valence-electron chi connectivity index (χ0n) is 15.8. The van der Waals surface area contributed by atoms with Gasteiger partial charge in [0.25, 0.3) is 0 Å². The molecule has 1 saturated heterocycles. The summed E-state index contributed by atoms with van der Waals surface area (Å²) >= 11 is 3.50. The molecule has 9 heteroatoms. The third-order valence-electron chi connectivity index (χ3n) is 4.96. The minimum Gasteiger partial charge on any atom is -0.480 e. The molecule has 0 amide bonds. The predicted octanol–water partition coefficient (Wildman–Crippen LogP) is 2.83. The summed E-state index contributed by atoms with van der Waals surface area (Å²) in [5.74, 6) is 1.31. The molecule has 0 N–H and O–H groups in total. The number of nitrogens with zero attached hydrogens (tertiary/aromatic N) is 5. The van der Waals surface area contributed by atoms with E-state index in [1.165, 1.54) is 0 Å². The maximum Gasteiger partial charge on any atom is 0.250 e. The van der Waals surface area contributed by atoms with Gasteiger partial charge in [0.15, 0.2) is 5.65 Å². The second kappa shape index (κ2) is 7.56. The van der Waals surface area contributed by atoms with Crippen molar-refractivity contribution in [3.05, 3.63) is 50.4 Å². The van der Waals surface area contributed by atoms with Crippen molar-refractivity contribution in [3.63, 3.8) is 0 Å². The van der Waals surface area contributed by atoms with E-state index in [1.807, 2.05) is 19.2 Å². The minimum atomic E-state index is -0.104. The van der Waals surface area contributed by atoms with Crippen LogP contribution in [0.15, 0.2) is 27.7 Å². The molecule has 1 aliphatic rings. The molecule has 0 spiro atoms. The lowest BCUT2D eigenvalue weighted by atomic mass is 9.91. The van der Waals surface area contributed by atoms with E-state index in [9.17, 15) is 4.79 Å². The second-order valence-corrected chi connectivity index (χ2v) is 7.61. The van der Waals surface area contributed by atoms with Crippen LogP contribution in [0.4, 0.5) is 0 Å². The first-order valence-corrected chi connectivity index (χ1v) is 9.79. The normalized spacial score (nSPS) is 19.7. The van der Waals surface area contributed by atoms with Gasteiger partial charge in [-0.05, 0) is 47.3 Å². The molecular weight excluding hydrogens is 426 g/mol. The molecule has 0 aliphatic carbocycles. The first kappa shape index (κ1) is 18.9. The summed E-state index contributed by atoms with van der Waals surface area (Å²) in [6.07, 6.45) is 3.28. The Kier molecular flexibility index (Phi) is 5.11. The van der Waals surface area contributed by atoms with E-state index in [0.29, 0.717) is 33.9 Å². The van der Waals surface area contributed by atoms with Gasteiger partial charge >= 0.3 is 0 Å². The largest absolute Gasteiger partial charge is 0.480 e. The number of aromatic nitrogens is 5. The van der Waals surface area contributed by atoms with Gasteiger partial charge in [0, 0.05) is 31.8 Å². The fraction of sp³-hybridized carbons (Fsp3) is 0.421. The zero-order chi connectivity index (χ0) is 19.8. The van der Waals surface area contributed by atoms with Crippen molar-refractivity contribution in [1.82, 2.24) is 24.5 Å². The summed E-state index contributed by atoms with van der Waals surface area (Å²) in [5.41, 5.74) is 2.74. The van der Waals surface area contributed by atoms with E-state index in [-0.39, 0.29) is 17.6 Å². The van der Waals surface area contributed by atoms with Crippen molar-refractivity contribution in [2.24, 2.45) is 7.05 Å². The van der Waals surface area contributed by atoms with Gasteiger partial charge < -0.3 is 14.0 Å². The molecule has 8 nitrogen and oxygen atoms in total. The van der Waals surface area contributed by atoms with E-state index < -0.39 is 0 Å². The van der Waals surface area contributed by atoms with Crippen LogP contribution in [0.5, 0.6) is 5.88 Å². The smallest absolute Gasteiger partial charge is 0.250 e. The van der Waals surface area contributed by atoms with E-state index >= 15 is 0 Å². The summed E-state index contributed by atoms with van der Waals surface area (Å²) in [6, 6.07) is 3.39. The van der Waals surface area contributed by atoms with Crippen molar-refractivity contribution >= 4 is 27.1 Å². The highest BCUT2D eigenvalue weighted by Gasteiger charge is 2.28. The van der Waals surface area contributed by atoms with Gasteiger partial charge in [-0.1, -0.05) is 0 Å². The lowest BCUT2D eigenvalue weighted by molar-refractivity contribution is 0.00361. The molecule has 3 aromatic heterocycles. The first-order chi connectivity index (χ1) is 13.5. The monoisotopic (exact) mass is 445 g/mol. The van der Waals surface area contributed by atoms with Gasteiger partial charge in [-0.2, -0.15) is 0 Å². The maximum absolute atomic E-state index is 11.7. The molecule has 0 aromatic carbocycles. The van der Waals surface area contributed by atoms with Crippen molar-refractivity contribution in [3.8, 4) is 5.88 Å². The number of hydrogen-bond acceptors (Lipinski definition) is 7. The number of aryl methyl sites for hydroxylation is 2. The fourth-order valence-electron chi connectivity index (χ4n) is 3.44. The van der Waals surface area contributed by atoms with E-state index in [0.717, 1.165) is 24.2 Å². The molecular formula is C19H20BrN5O3. The molecule has 1 fully saturated rings. The van der Waals surface area contributed by atoms with Crippen LogP contribution in [-0.2, 0) is 11.8 Å². The zero-order valence-corrected chi connectivity index (χ0v) is 17.4. The van der Waals surface area contributed by atoms with Gasteiger partial charge in [0.2, 0.25) is 11.4 Å². The van der Waals surface area contributed by atoms with Crippen molar-refractivity contribution in [1.29, 1.82) is 0 Å². The van der Waals surface area contributed by atoms with Gasteiger partial charge in [0.1, 0.15) is 21.6 Å². The first-order valence-electron chi connectivity index (χ1n) is 9.00. The second-order valence-electron chi connectivity index (χ2n) is 6.86. The molecule has 28 heavy (non-hydrogen) atoms. The van der Waals surface area contributed by atoms with Crippen LogP contribution in [0, 0.1) is 6.92 Å². The van der Waals surface area contributed by atoms with Crippen LogP contribution >= 0.6 is 15.9 Å². The highest BCUT2D eigenvalue weighted by molar-refractivity contribution is 9.10. The Morgan fingerprint density at radius 1 is 1.25 bits per heavy atom. The molecule has 0 unspecified atom stereocenters. The molecule has 3 aromatic rings. The summed E-state index contributed by atoms with van der Waals surface area (Å²) in [6.45, 7) is 2.44. The van der Waals surface area contributed by atoms with Gasteiger partial charge in [-0.15, -0.1) is 0 Å². The fourth-order valence-corrected chi connectivity index (χ4v) is 3.89. The lowest BCUT2D eigenvalue weighted by Gasteiger charge is -2.29. The topological polar surface area (TPSA) is 92.0 Å². The number of ether oxygens (including phenoxy) is 2. The molecule has 4 heterocycles. The number of methoxy groups -OCH3 is 1. The van der Waals surface area contributed by atoms with Crippen LogP contribution < -0.4 is 10.3 Å². The molecule has 4 rings (SSSR count). The quantitative estimate of drug-likeness (QED) is 0.572. The van der Waals surface area contributed by atoms with Gasteiger partial charge in [0.05, 0.1) is 13.2 Å². The molecule has 0 saturated carbocycles. The number of fused-ring (bicyclic) bond motifs is 1.